The zero-order valence-electron chi connectivity index (χ0n) is 15.4. The number of aromatic nitrogens is 2. The van der Waals surface area contributed by atoms with Crippen molar-refractivity contribution in [1.82, 2.24) is 9.97 Å². The van der Waals surface area contributed by atoms with E-state index < -0.39 is 0 Å². The van der Waals surface area contributed by atoms with Gasteiger partial charge >= 0.3 is 0 Å². The summed E-state index contributed by atoms with van der Waals surface area (Å²) in [7, 11) is 1.72. The minimum Gasteiger partial charge on any atom is -0.496 e. The maximum absolute atomic E-state index is 5.89. The summed E-state index contributed by atoms with van der Waals surface area (Å²) in [6, 6.07) is 6.71. The number of methoxy groups -OCH3 is 1. The maximum Gasteiger partial charge on any atom is 0.222 e. The molecule has 1 aromatic carbocycles. The Morgan fingerprint density at radius 1 is 1.11 bits per heavy atom. The lowest BCUT2D eigenvalue weighted by atomic mass is 9.78. The number of halogens is 2. The number of nitrogen functional groups attached to an aromatic ring is 1. The van der Waals surface area contributed by atoms with E-state index in [0.29, 0.717) is 18.4 Å². The largest absolute Gasteiger partial charge is 0.496 e. The second-order valence-electron chi connectivity index (χ2n) is 7.10. The van der Waals surface area contributed by atoms with Crippen LogP contribution < -0.4 is 21.5 Å². The fourth-order valence-electron chi connectivity index (χ4n) is 3.85. The molecular formula is C19H27Cl2N5O. The van der Waals surface area contributed by atoms with Gasteiger partial charge in [0.2, 0.25) is 5.95 Å². The predicted octanol–water partition coefficient (Wildman–Crippen LogP) is 3.22. The summed E-state index contributed by atoms with van der Waals surface area (Å²) in [5, 5.41) is 3.38. The molecule has 1 aromatic heterocycles. The molecule has 27 heavy (non-hydrogen) atoms. The molecule has 2 aliphatic carbocycles. The van der Waals surface area contributed by atoms with Crippen LogP contribution >= 0.6 is 24.8 Å². The third-order valence-corrected chi connectivity index (χ3v) is 5.31. The lowest BCUT2D eigenvalue weighted by molar-refractivity contribution is 0.345. The first kappa shape index (κ1) is 21.5. The fraction of sp³-hybridized carbons (Fsp3) is 0.474. The first-order chi connectivity index (χ1) is 12.1. The number of rotatable bonds is 5. The van der Waals surface area contributed by atoms with Gasteiger partial charge in [0.25, 0.3) is 0 Å². The molecule has 0 unspecified atom stereocenters. The molecule has 2 aromatic rings. The number of nitrogens with one attached hydrogen (secondary N) is 1. The highest BCUT2D eigenvalue weighted by Gasteiger charge is 2.29. The van der Waals surface area contributed by atoms with Crippen LogP contribution in [-0.4, -0.2) is 23.1 Å². The third-order valence-electron chi connectivity index (χ3n) is 5.31. The Morgan fingerprint density at radius 3 is 2.48 bits per heavy atom. The van der Waals surface area contributed by atoms with Gasteiger partial charge in [-0.2, -0.15) is 4.98 Å². The molecule has 148 valence electrons. The summed E-state index contributed by atoms with van der Waals surface area (Å²) in [5.74, 6) is 2.39. The number of hydrogen-bond donors (Lipinski definition) is 3. The monoisotopic (exact) mass is 411 g/mol. The molecule has 0 radical (unpaired) electrons. The zero-order valence-corrected chi connectivity index (χ0v) is 17.0. The summed E-state index contributed by atoms with van der Waals surface area (Å²) < 4.78 is 5.57. The molecule has 2 aliphatic rings. The van der Waals surface area contributed by atoms with Gasteiger partial charge in [-0.15, -0.1) is 24.8 Å². The highest BCUT2D eigenvalue weighted by Crippen LogP contribution is 2.35. The molecule has 0 bridgehead atoms. The smallest absolute Gasteiger partial charge is 0.222 e. The first-order valence-corrected chi connectivity index (χ1v) is 8.95. The van der Waals surface area contributed by atoms with Crippen LogP contribution in [0.25, 0.3) is 0 Å². The van der Waals surface area contributed by atoms with Crippen LogP contribution in [0.4, 0.5) is 11.8 Å². The van der Waals surface area contributed by atoms with E-state index in [4.69, 9.17) is 16.2 Å². The van der Waals surface area contributed by atoms with Crippen LogP contribution in [0.5, 0.6) is 5.75 Å². The third kappa shape index (κ3) is 4.57. The highest BCUT2D eigenvalue weighted by atomic mass is 35.5. The van der Waals surface area contributed by atoms with Crippen molar-refractivity contribution in [3.05, 3.63) is 40.6 Å². The molecule has 0 atom stereocenters. The van der Waals surface area contributed by atoms with Gasteiger partial charge in [-0.1, -0.05) is 6.07 Å². The van der Waals surface area contributed by atoms with Crippen LogP contribution in [0.3, 0.4) is 0 Å². The van der Waals surface area contributed by atoms with Gasteiger partial charge in [0.15, 0.2) is 0 Å². The van der Waals surface area contributed by atoms with Crippen LogP contribution in [0.2, 0.25) is 0 Å². The van der Waals surface area contributed by atoms with Crippen molar-refractivity contribution in [3.63, 3.8) is 0 Å². The summed E-state index contributed by atoms with van der Waals surface area (Å²) in [4.78, 5) is 8.69. The van der Waals surface area contributed by atoms with Gasteiger partial charge in [-0.3, -0.25) is 0 Å². The van der Waals surface area contributed by atoms with Gasteiger partial charge in [0, 0.05) is 30.1 Å². The van der Waals surface area contributed by atoms with Crippen molar-refractivity contribution < 1.29 is 4.74 Å². The average Bonchev–Trinajstić information content (AvgIpc) is 3.03. The van der Waals surface area contributed by atoms with E-state index in [-0.39, 0.29) is 30.9 Å². The highest BCUT2D eigenvalue weighted by molar-refractivity contribution is 5.85. The molecule has 1 heterocycles. The Labute approximate surface area is 172 Å². The predicted molar refractivity (Wildman–Crippen MR) is 113 cm³/mol. The molecule has 5 N–H and O–H groups in total. The summed E-state index contributed by atoms with van der Waals surface area (Å²) in [6.45, 7) is 0.649. The standard InChI is InChI=1S/C19H25N5O.2ClH/c1-25-17-8-12-4-2-3-11(12)5-14(17)10-22-18-9-16(23-19(21)24-18)13-6-15(20)7-13;;/h5,8-9,13,15H,2-4,6-7,10,20H2,1H3,(H3,21,22,23,24);2*1H. The van der Waals surface area contributed by atoms with Gasteiger partial charge in [0.1, 0.15) is 11.6 Å². The first-order valence-electron chi connectivity index (χ1n) is 8.95. The van der Waals surface area contributed by atoms with Crippen LogP contribution in [-0.2, 0) is 19.4 Å². The second-order valence-corrected chi connectivity index (χ2v) is 7.10. The zero-order chi connectivity index (χ0) is 17.4. The SMILES string of the molecule is COc1cc2c(cc1CNc1cc(C3CC(N)C3)nc(N)n1)CCC2.Cl.Cl. The number of anilines is 2. The Morgan fingerprint density at radius 2 is 1.81 bits per heavy atom. The van der Waals surface area contributed by atoms with Gasteiger partial charge < -0.3 is 21.5 Å². The van der Waals surface area contributed by atoms with Gasteiger partial charge in [-0.05, 0) is 49.3 Å². The Balaban J connectivity index is 0.00000131. The molecular weight excluding hydrogens is 385 g/mol. The topological polar surface area (TPSA) is 99.1 Å². The average molecular weight is 412 g/mol. The number of fused-ring (bicyclic) bond motifs is 1. The molecule has 0 amide bonds. The van der Waals surface area contributed by atoms with Gasteiger partial charge in [0.05, 0.1) is 12.8 Å². The molecule has 1 fully saturated rings. The molecule has 0 saturated heterocycles. The molecule has 0 spiro atoms. The minimum atomic E-state index is 0. The van der Waals surface area contributed by atoms with E-state index in [1.165, 1.54) is 17.5 Å². The van der Waals surface area contributed by atoms with Crippen molar-refractivity contribution in [3.8, 4) is 5.75 Å². The second kappa shape index (κ2) is 8.95. The lowest BCUT2D eigenvalue weighted by Crippen LogP contribution is -2.35. The van der Waals surface area contributed by atoms with Crippen molar-refractivity contribution >= 4 is 36.6 Å². The van der Waals surface area contributed by atoms with Crippen molar-refractivity contribution in [2.45, 2.75) is 50.6 Å². The van der Waals surface area contributed by atoms with E-state index in [0.717, 1.165) is 48.5 Å². The number of ether oxygens (including phenoxy) is 1. The Hall–Kier alpha value is -1.76. The molecule has 0 aliphatic heterocycles. The van der Waals surface area contributed by atoms with Crippen molar-refractivity contribution in [2.75, 3.05) is 18.2 Å². The van der Waals surface area contributed by atoms with Crippen molar-refractivity contribution in [2.24, 2.45) is 5.73 Å². The molecule has 1 saturated carbocycles. The fourth-order valence-corrected chi connectivity index (χ4v) is 3.85. The Kier molecular flexibility index (Phi) is 7.14. The van der Waals surface area contributed by atoms with E-state index >= 15 is 0 Å². The number of aryl methyl sites for hydroxylation is 2. The van der Waals surface area contributed by atoms with Crippen molar-refractivity contribution in [1.29, 1.82) is 0 Å². The summed E-state index contributed by atoms with van der Waals surface area (Å²) in [5.41, 5.74) is 16.8. The van der Waals surface area contributed by atoms with Gasteiger partial charge in [-0.25, -0.2) is 4.98 Å². The lowest BCUT2D eigenvalue weighted by Gasteiger charge is -2.32. The maximum atomic E-state index is 5.89. The van der Waals surface area contributed by atoms with Crippen LogP contribution in [0, 0.1) is 0 Å². The Bertz CT molecular complexity index is 796. The van der Waals surface area contributed by atoms with E-state index in [2.05, 4.69) is 27.4 Å². The molecule has 4 rings (SSSR count). The number of nitrogens with zero attached hydrogens (tertiary/aromatic N) is 2. The minimum absolute atomic E-state index is 0. The van der Waals surface area contributed by atoms with E-state index in [9.17, 15) is 0 Å². The van der Waals surface area contributed by atoms with E-state index in [1.807, 2.05) is 6.07 Å². The van der Waals surface area contributed by atoms with E-state index in [1.54, 1.807) is 7.11 Å². The summed E-state index contributed by atoms with van der Waals surface area (Å²) >= 11 is 0. The number of nitrogens with two attached hydrogens (primary N) is 2. The van der Waals surface area contributed by atoms with Crippen LogP contribution in [0.1, 0.15) is 47.6 Å². The number of hydrogen-bond acceptors (Lipinski definition) is 6. The summed E-state index contributed by atoms with van der Waals surface area (Å²) in [6.07, 6.45) is 5.46. The number of benzene rings is 1. The van der Waals surface area contributed by atoms with Crippen LogP contribution in [0.15, 0.2) is 18.2 Å². The quantitative estimate of drug-likeness (QED) is 0.698. The molecule has 6 nitrogen and oxygen atoms in total. The normalized spacial score (nSPS) is 19.9. The molecule has 8 heteroatoms.